The van der Waals surface area contributed by atoms with Gasteiger partial charge < -0.3 is 5.32 Å². The maximum atomic E-state index is 14.1. The number of fused-ring (bicyclic) bond motifs is 2. The van der Waals surface area contributed by atoms with Crippen molar-refractivity contribution in [2.24, 2.45) is 0 Å². The molecule has 6 nitrogen and oxygen atoms in total. The molecule has 0 saturated carbocycles. The van der Waals surface area contributed by atoms with Crippen molar-refractivity contribution in [1.29, 1.82) is 0 Å². The first kappa shape index (κ1) is 17.8. The normalized spacial score (nSPS) is 10.7. The molecule has 0 radical (unpaired) electrons. The lowest BCUT2D eigenvalue weighted by molar-refractivity contribution is -0.105. The van der Waals surface area contributed by atoms with Gasteiger partial charge in [-0.1, -0.05) is 25.4 Å². The maximum absolute atomic E-state index is 14.1. The zero-order chi connectivity index (χ0) is 18.8. The number of benzene rings is 1. The van der Waals surface area contributed by atoms with E-state index in [2.05, 4.69) is 20.6 Å². The van der Waals surface area contributed by atoms with Crippen LogP contribution in [0.5, 0.6) is 0 Å². The van der Waals surface area contributed by atoms with E-state index in [-0.39, 0.29) is 10.5 Å². The molecule has 0 unspecified atom stereocenters. The lowest BCUT2D eigenvalue weighted by atomic mass is 10.0. The van der Waals surface area contributed by atoms with Crippen LogP contribution in [-0.2, 0) is 4.79 Å². The number of anilines is 1. The molecule has 26 heavy (non-hydrogen) atoms. The molecule has 0 aliphatic rings. The SMILES string of the molecule is CC.O=CNc1cc2cc(-c3c(Cl)c(F)c(F)c4[nH]ncc34)ccn2n1. The number of H-pyrrole nitrogens is 1. The molecule has 0 fully saturated rings. The molecule has 0 bridgehead atoms. The standard InChI is InChI=1S/C15H8ClF2N5O.C2H6/c16-12-11(9-5-20-21-15(9)14(18)13(12)17)7-1-2-23-8(3-7)4-10(22-23)19-6-24;1-2/h1-6H,(H,20,21)(H,19,22,24);1-2H3. The van der Waals surface area contributed by atoms with Crippen molar-refractivity contribution in [2.75, 3.05) is 5.32 Å². The molecule has 4 rings (SSSR count). The molecule has 2 N–H and O–H groups in total. The van der Waals surface area contributed by atoms with Gasteiger partial charge in [-0.2, -0.15) is 10.2 Å². The molecule has 4 aromatic rings. The minimum absolute atomic E-state index is 0.0522. The molecule has 0 saturated heterocycles. The number of hydrogen-bond acceptors (Lipinski definition) is 3. The van der Waals surface area contributed by atoms with Crippen LogP contribution in [-0.4, -0.2) is 26.2 Å². The van der Waals surface area contributed by atoms with Crippen LogP contribution < -0.4 is 5.32 Å². The molecule has 0 aliphatic heterocycles. The average molecular weight is 378 g/mol. The molecule has 1 aromatic carbocycles. The quantitative estimate of drug-likeness (QED) is 0.410. The molecular formula is C17H14ClF2N5O. The number of carbonyl (C=O) groups is 1. The first-order valence-corrected chi connectivity index (χ1v) is 8.17. The number of rotatable bonds is 3. The van der Waals surface area contributed by atoms with Crippen LogP contribution >= 0.6 is 11.6 Å². The van der Waals surface area contributed by atoms with Crippen LogP contribution in [0, 0.1) is 11.6 Å². The minimum Gasteiger partial charge on any atom is -0.312 e. The topological polar surface area (TPSA) is 75.1 Å². The predicted octanol–water partition coefficient (Wildman–Crippen LogP) is 4.40. The van der Waals surface area contributed by atoms with Gasteiger partial charge in [-0.15, -0.1) is 0 Å². The Balaban J connectivity index is 0.000000948. The third-order valence-corrected chi connectivity index (χ3v) is 4.05. The summed E-state index contributed by atoms with van der Waals surface area (Å²) in [6, 6.07) is 5.00. The zero-order valence-electron chi connectivity index (χ0n) is 13.8. The highest BCUT2D eigenvalue weighted by atomic mass is 35.5. The summed E-state index contributed by atoms with van der Waals surface area (Å²) in [7, 11) is 0. The summed E-state index contributed by atoms with van der Waals surface area (Å²) in [6.45, 7) is 4.00. The fourth-order valence-electron chi connectivity index (χ4n) is 2.64. The predicted molar refractivity (Wildman–Crippen MR) is 96.2 cm³/mol. The van der Waals surface area contributed by atoms with Crippen LogP contribution in [0.4, 0.5) is 14.6 Å². The van der Waals surface area contributed by atoms with E-state index in [9.17, 15) is 13.6 Å². The first-order valence-electron chi connectivity index (χ1n) is 7.79. The summed E-state index contributed by atoms with van der Waals surface area (Å²) in [5.41, 5.74) is 1.49. The monoisotopic (exact) mass is 377 g/mol. The number of halogens is 3. The Hall–Kier alpha value is -3.00. The highest BCUT2D eigenvalue weighted by molar-refractivity contribution is 6.35. The molecule has 3 heterocycles. The van der Waals surface area contributed by atoms with Crippen molar-refractivity contribution in [3.8, 4) is 11.1 Å². The van der Waals surface area contributed by atoms with Crippen LogP contribution in [0.3, 0.4) is 0 Å². The van der Waals surface area contributed by atoms with Crippen molar-refractivity contribution in [3.63, 3.8) is 0 Å². The van der Waals surface area contributed by atoms with E-state index in [0.717, 1.165) is 0 Å². The van der Waals surface area contributed by atoms with Gasteiger partial charge in [0.2, 0.25) is 6.41 Å². The van der Waals surface area contributed by atoms with E-state index in [0.29, 0.717) is 34.3 Å². The van der Waals surface area contributed by atoms with Gasteiger partial charge in [-0.3, -0.25) is 9.89 Å². The molecule has 1 amide bonds. The summed E-state index contributed by atoms with van der Waals surface area (Å²) in [5.74, 6) is -1.84. The highest BCUT2D eigenvalue weighted by Crippen LogP contribution is 2.38. The van der Waals surface area contributed by atoms with E-state index in [1.807, 2.05) is 13.8 Å². The Morgan fingerprint density at radius 2 is 2.04 bits per heavy atom. The van der Waals surface area contributed by atoms with Crippen molar-refractivity contribution >= 4 is 40.2 Å². The van der Waals surface area contributed by atoms with Crippen molar-refractivity contribution in [2.45, 2.75) is 13.8 Å². The number of nitrogens with zero attached hydrogens (tertiary/aromatic N) is 3. The van der Waals surface area contributed by atoms with Crippen molar-refractivity contribution in [3.05, 3.63) is 47.2 Å². The molecule has 0 spiro atoms. The van der Waals surface area contributed by atoms with Gasteiger partial charge in [0, 0.05) is 23.2 Å². The summed E-state index contributed by atoms with van der Waals surface area (Å²) in [5, 5.41) is 12.8. The van der Waals surface area contributed by atoms with E-state index >= 15 is 0 Å². The Morgan fingerprint density at radius 3 is 2.77 bits per heavy atom. The van der Waals surface area contributed by atoms with E-state index < -0.39 is 11.6 Å². The third-order valence-electron chi connectivity index (χ3n) is 3.69. The Labute approximate surface area is 151 Å². The number of aromatic nitrogens is 4. The molecular weight excluding hydrogens is 364 g/mol. The van der Waals surface area contributed by atoms with Gasteiger partial charge >= 0.3 is 0 Å². The second kappa shape index (κ2) is 7.09. The number of nitrogens with one attached hydrogen (secondary N) is 2. The van der Waals surface area contributed by atoms with Crippen LogP contribution in [0.25, 0.3) is 27.5 Å². The first-order chi connectivity index (χ1) is 12.6. The Kier molecular flexibility index (Phi) is 4.85. The summed E-state index contributed by atoms with van der Waals surface area (Å²) >= 11 is 6.04. The van der Waals surface area contributed by atoms with E-state index in [1.165, 1.54) is 10.7 Å². The molecule has 0 aliphatic carbocycles. The van der Waals surface area contributed by atoms with Crippen molar-refractivity contribution in [1.82, 2.24) is 19.8 Å². The fraction of sp³-hybridized carbons (Fsp3) is 0.118. The number of amides is 1. The van der Waals surface area contributed by atoms with E-state index in [1.54, 1.807) is 24.4 Å². The number of hydrogen-bond donors (Lipinski definition) is 2. The lowest BCUT2D eigenvalue weighted by Crippen LogP contribution is -1.95. The molecule has 134 valence electrons. The van der Waals surface area contributed by atoms with E-state index in [4.69, 9.17) is 11.6 Å². The van der Waals surface area contributed by atoms with Gasteiger partial charge in [-0.05, 0) is 17.7 Å². The zero-order valence-corrected chi connectivity index (χ0v) is 14.6. The number of aromatic amines is 1. The summed E-state index contributed by atoms with van der Waals surface area (Å²) in [4.78, 5) is 10.5. The van der Waals surface area contributed by atoms with Gasteiger partial charge in [0.15, 0.2) is 17.5 Å². The molecule has 3 aromatic heterocycles. The van der Waals surface area contributed by atoms with Gasteiger partial charge in [0.25, 0.3) is 0 Å². The van der Waals surface area contributed by atoms with Gasteiger partial charge in [-0.25, -0.2) is 13.3 Å². The van der Waals surface area contributed by atoms with Gasteiger partial charge in [0.1, 0.15) is 5.52 Å². The second-order valence-electron chi connectivity index (χ2n) is 5.05. The maximum Gasteiger partial charge on any atom is 0.212 e. The fourth-order valence-corrected chi connectivity index (χ4v) is 2.93. The summed E-state index contributed by atoms with van der Waals surface area (Å²) in [6.07, 6.45) is 3.53. The highest BCUT2D eigenvalue weighted by Gasteiger charge is 2.21. The van der Waals surface area contributed by atoms with Crippen molar-refractivity contribution < 1.29 is 13.6 Å². The average Bonchev–Trinajstić information content (AvgIpc) is 3.28. The Bertz CT molecular complexity index is 1110. The second-order valence-corrected chi connectivity index (χ2v) is 5.43. The summed E-state index contributed by atoms with van der Waals surface area (Å²) < 4.78 is 29.6. The lowest BCUT2D eigenvalue weighted by Gasteiger charge is -2.09. The van der Waals surface area contributed by atoms with Crippen LogP contribution in [0.1, 0.15) is 13.8 Å². The van der Waals surface area contributed by atoms with Gasteiger partial charge in [0.05, 0.1) is 16.7 Å². The molecule has 9 heteroatoms. The number of carbonyl (C=O) groups excluding carboxylic acids is 1. The van der Waals surface area contributed by atoms with Crippen LogP contribution in [0.2, 0.25) is 5.02 Å². The number of pyridine rings is 1. The van der Waals surface area contributed by atoms with Crippen LogP contribution in [0.15, 0.2) is 30.6 Å². The largest absolute Gasteiger partial charge is 0.312 e. The molecule has 0 atom stereocenters. The Morgan fingerprint density at radius 1 is 1.27 bits per heavy atom. The smallest absolute Gasteiger partial charge is 0.212 e. The third kappa shape index (κ3) is 2.78. The minimum atomic E-state index is -1.14.